The van der Waals surface area contributed by atoms with E-state index in [0.717, 1.165) is 16.5 Å². The van der Waals surface area contributed by atoms with Crippen LogP contribution < -0.4 is 0 Å². The fourth-order valence-corrected chi connectivity index (χ4v) is 5.72. The van der Waals surface area contributed by atoms with Crippen molar-refractivity contribution in [2.75, 3.05) is 0 Å². The second-order valence-electron chi connectivity index (χ2n) is 9.44. The van der Waals surface area contributed by atoms with Crippen LogP contribution in [-0.4, -0.2) is 0 Å². The Bertz CT molecular complexity index is 2510. The zero-order valence-corrected chi connectivity index (χ0v) is 20.6. The number of fused-ring (bicyclic) bond motifs is 5. The van der Waals surface area contributed by atoms with Crippen LogP contribution in [0, 0.1) is 0 Å². The smallest absolute Gasteiger partial charge is 0.136 e. The first-order valence-electron chi connectivity index (χ1n) is 16.7. The number of furan rings is 1. The molecular formula is C38H24O. The normalized spacial score (nSPS) is 14.5. The molecule has 1 aromatic heterocycles. The maximum atomic E-state index is 9.27. The summed E-state index contributed by atoms with van der Waals surface area (Å²) in [6.07, 6.45) is 0. The minimum absolute atomic E-state index is 0.173. The molecule has 0 aliphatic carbocycles. The van der Waals surface area contributed by atoms with E-state index in [4.69, 9.17) is 9.90 Å². The summed E-state index contributed by atoms with van der Waals surface area (Å²) in [6.45, 7) is 0. The molecule has 8 aromatic rings. The van der Waals surface area contributed by atoms with E-state index in [0.29, 0.717) is 38.8 Å². The number of rotatable bonds is 3. The van der Waals surface area contributed by atoms with Gasteiger partial charge in [0.25, 0.3) is 0 Å². The van der Waals surface area contributed by atoms with Crippen molar-refractivity contribution in [2.45, 2.75) is 0 Å². The second-order valence-corrected chi connectivity index (χ2v) is 9.44. The van der Waals surface area contributed by atoms with Crippen LogP contribution in [-0.2, 0) is 0 Å². The molecule has 1 heterocycles. The molecule has 0 saturated heterocycles. The quantitative estimate of drug-likeness (QED) is 0.218. The van der Waals surface area contributed by atoms with Gasteiger partial charge in [0, 0.05) is 10.8 Å². The topological polar surface area (TPSA) is 13.1 Å². The Balaban J connectivity index is 1.71. The van der Waals surface area contributed by atoms with Crippen molar-refractivity contribution in [2.24, 2.45) is 0 Å². The van der Waals surface area contributed by atoms with Gasteiger partial charge in [-0.3, -0.25) is 0 Å². The first kappa shape index (κ1) is 15.3. The Morgan fingerprint density at radius 3 is 1.44 bits per heavy atom. The van der Waals surface area contributed by atoms with Gasteiger partial charge in [-0.15, -0.1) is 0 Å². The van der Waals surface area contributed by atoms with Crippen molar-refractivity contribution in [3.63, 3.8) is 0 Å². The summed E-state index contributed by atoms with van der Waals surface area (Å²) in [5, 5.41) is 2.18. The molecule has 0 saturated carbocycles. The lowest BCUT2D eigenvalue weighted by Gasteiger charge is -2.18. The van der Waals surface area contributed by atoms with Gasteiger partial charge in [-0.1, -0.05) is 133 Å². The van der Waals surface area contributed by atoms with Gasteiger partial charge in [0.2, 0.25) is 0 Å². The van der Waals surface area contributed by atoms with Crippen LogP contribution in [0.1, 0.15) is 11.0 Å². The lowest BCUT2D eigenvalue weighted by Crippen LogP contribution is -1.91. The zero-order valence-electron chi connectivity index (χ0n) is 28.6. The molecule has 0 bridgehead atoms. The van der Waals surface area contributed by atoms with E-state index in [-0.39, 0.29) is 45.7 Å². The molecule has 39 heavy (non-hydrogen) atoms. The highest BCUT2D eigenvalue weighted by Crippen LogP contribution is 2.48. The summed E-state index contributed by atoms with van der Waals surface area (Å²) < 4.78 is 78.1. The third-order valence-corrected chi connectivity index (χ3v) is 7.31. The summed E-state index contributed by atoms with van der Waals surface area (Å²) >= 11 is 0. The summed E-state index contributed by atoms with van der Waals surface area (Å²) in [4.78, 5) is 0. The Hall–Kier alpha value is -5.14. The first-order valence-corrected chi connectivity index (χ1v) is 12.7. The van der Waals surface area contributed by atoms with Gasteiger partial charge in [0.05, 0.1) is 11.0 Å². The molecule has 0 spiro atoms. The summed E-state index contributed by atoms with van der Waals surface area (Å²) in [5.41, 5.74) is 4.73. The highest BCUT2D eigenvalue weighted by molar-refractivity contribution is 6.26. The highest BCUT2D eigenvalue weighted by atomic mass is 16.3. The average molecular weight is 505 g/mol. The molecule has 0 radical (unpaired) electrons. The summed E-state index contributed by atoms with van der Waals surface area (Å²) in [6, 6.07) is 27.2. The molecule has 0 N–H and O–H groups in total. The molecule has 182 valence electrons. The van der Waals surface area contributed by atoms with Crippen molar-refractivity contribution < 1.29 is 15.4 Å². The van der Waals surface area contributed by atoms with E-state index in [9.17, 15) is 5.48 Å². The molecule has 1 heteroatoms. The van der Waals surface area contributed by atoms with Gasteiger partial charge in [-0.05, 0) is 67.1 Å². The van der Waals surface area contributed by atoms with Gasteiger partial charge >= 0.3 is 0 Å². The van der Waals surface area contributed by atoms with E-state index >= 15 is 0 Å². The Morgan fingerprint density at radius 2 is 0.872 bits per heavy atom. The molecule has 0 aliphatic heterocycles. The maximum Gasteiger partial charge on any atom is 0.136 e. The van der Waals surface area contributed by atoms with Crippen LogP contribution in [0.5, 0.6) is 0 Å². The molecule has 8 rings (SSSR count). The lowest BCUT2D eigenvalue weighted by atomic mass is 9.84. The predicted molar refractivity (Wildman–Crippen MR) is 165 cm³/mol. The molecule has 0 fully saturated rings. The van der Waals surface area contributed by atoms with Gasteiger partial charge in [0.15, 0.2) is 0 Å². The lowest BCUT2D eigenvalue weighted by molar-refractivity contribution is 0.669. The highest BCUT2D eigenvalue weighted by Gasteiger charge is 2.21. The predicted octanol–water partition coefficient (Wildman–Crippen LogP) is 10.9. The molecule has 0 unspecified atom stereocenters. The van der Waals surface area contributed by atoms with E-state index in [1.165, 1.54) is 0 Å². The number of hydrogen-bond acceptors (Lipinski definition) is 1. The third kappa shape index (κ3) is 3.34. The van der Waals surface area contributed by atoms with E-state index in [1.54, 1.807) is 30.3 Å². The molecule has 0 amide bonds. The van der Waals surface area contributed by atoms with Gasteiger partial charge in [-0.25, -0.2) is 0 Å². The van der Waals surface area contributed by atoms with E-state index in [1.807, 2.05) is 66.7 Å². The van der Waals surface area contributed by atoms with Crippen LogP contribution in [0.15, 0.2) is 150 Å². The van der Waals surface area contributed by atoms with Gasteiger partial charge in [-0.2, -0.15) is 0 Å². The molecule has 7 aromatic carbocycles. The van der Waals surface area contributed by atoms with Crippen molar-refractivity contribution >= 4 is 43.5 Å². The number of benzene rings is 7. The third-order valence-electron chi connectivity index (χ3n) is 7.31. The Labute approximate surface area is 237 Å². The number of hydrogen-bond donors (Lipinski definition) is 0. The first-order chi connectivity index (χ1) is 22.7. The van der Waals surface area contributed by atoms with Crippen LogP contribution in [0.2, 0.25) is 0 Å². The van der Waals surface area contributed by atoms with Crippen LogP contribution in [0.3, 0.4) is 0 Å². The molecular weight excluding hydrogens is 472 g/mol. The van der Waals surface area contributed by atoms with Crippen LogP contribution >= 0.6 is 0 Å². The maximum absolute atomic E-state index is 9.27. The van der Waals surface area contributed by atoms with Gasteiger partial charge < -0.3 is 4.42 Å². The Morgan fingerprint density at radius 1 is 0.410 bits per heavy atom. The fraction of sp³-hybridized carbons (Fsp3) is 0. The SMILES string of the molecule is [2H]c1c([2H])c([2H])c2c(-c3cccc4oc5cccc(-c6ccccc6)c5c34)c3c([2H])c([2H])c([2H])c([2H])c3c(-c3ccccc3)c2c1[2H]. The van der Waals surface area contributed by atoms with E-state index in [2.05, 4.69) is 0 Å². The van der Waals surface area contributed by atoms with E-state index < -0.39 is 24.2 Å². The van der Waals surface area contributed by atoms with Crippen molar-refractivity contribution in [3.05, 3.63) is 145 Å². The van der Waals surface area contributed by atoms with Gasteiger partial charge in [0.1, 0.15) is 11.2 Å². The van der Waals surface area contributed by atoms with Crippen LogP contribution in [0.25, 0.3) is 76.9 Å². The zero-order chi connectivity index (χ0) is 32.7. The molecule has 0 atom stereocenters. The van der Waals surface area contributed by atoms with Crippen LogP contribution in [0.4, 0.5) is 0 Å². The largest absolute Gasteiger partial charge is 0.456 e. The summed E-state index contributed by atoms with van der Waals surface area (Å²) in [5.74, 6) is 0. The van der Waals surface area contributed by atoms with Crippen molar-refractivity contribution in [3.8, 4) is 33.4 Å². The van der Waals surface area contributed by atoms with Crippen molar-refractivity contribution in [1.29, 1.82) is 0 Å². The van der Waals surface area contributed by atoms with Crippen molar-refractivity contribution in [1.82, 2.24) is 0 Å². The molecule has 0 aliphatic rings. The monoisotopic (exact) mass is 504 g/mol. The fourth-order valence-electron chi connectivity index (χ4n) is 5.72. The molecule has 1 nitrogen and oxygen atoms in total. The summed E-state index contributed by atoms with van der Waals surface area (Å²) in [7, 11) is 0. The minimum Gasteiger partial charge on any atom is -0.456 e. The standard InChI is InChI=1S/C38H24O/c1-3-13-25(14-4-1)27-21-11-23-33-37(27)38-32(22-12-24-34(38)39-33)36-30-19-9-7-17-28(30)35(26-15-5-2-6-16-26)29-18-8-10-20-31(29)36/h1-24H/i7D,8D,9D,10D,17D,18D,19D,20D. The minimum atomic E-state index is -0.433. The second kappa shape index (κ2) is 8.72. The Kier molecular flexibility index (Phi) is 3.42. The average Bonchev–Trinajstić information content (AvgIpc) is 3.50.